The lowest BCUT2D eigenvalue weighted by atomic mass is 10.1. The third-order valence-electron chi connectivity index (χ3n) is 2.97. The first-order chi connectivity index (χ1) is 8.19. The minimum atomic E-state index is 0.286. The van der Waals surface area contributed by atoms with Crippen molar-refractivity contribution < 1.29 is 4.74 Å². The molecule has 2 unspecified atom stereocenters. The molecule has 0 spiro atoms. The van der Waals surface area contributed by atoms with Gasteiger partial charge in [-0.1, -0.05) is 22.9 Å². The van der Waals surface area contributed by atoms with E-state index < -0.39 is 0 Å². The molecule has 1 N–H and O–H groups in total. The van der Waals surface area contributed by atoms with E-state index >= 15 is 0 Å². The van der Waals surface area contributed by atoms with Gasteiger partial charge >= 0.3 is 0 Å². The molecule has 0 aromatic heterocycles. The van der Waals surface area contributed by atoms with E-state index in [1.165, 1.54) is 5.56 Å². The number of rotatable bonds is 5. The second-order valence-corrected chi connectivity index (χ2v) is 6.59. The van der Waals surface area contributed by atoms with E-state index in [0.29, 0.717) is 5.25 Å². The van der Waals surface area contributed by atoms with E-state index in [9.17, 15) is 0 Å². The predicted octanol–water partition coefficient (Wildman–Crippen LogP) is 3.09. The van der Waals surface area contributed by atoms with Crippen LogP contribution in [-0.2, 0) is 6.42 Å². The minimum Gasteiger partial charge on any atom is -0.488 e. The maximum Gasteiger partial charge on any atom is 0.123 e. The Labute approximate surface area is 116 Å². The topological polar surface area (TPSA) is 21.3 Å². The first-order valence-electron chi connectivity index (χ1n) is 5.87. The van der Waals surface area contributed by atoms with Crippen LogP contribution in [0.15, 0.2) is 22.7 Å². The zero-order valence-corrected chi connectivity index (χ0v) is 12.6. The Morgan fingerprint density at radius 3 is 3.18 bits per heavy atom. The molecule has 1 aliphatic rings. The zero-order valence-electron chi connectivity index (χ0n) is 10.2. The molecule has 17 heavy (non-hydrogen) atoms. The van der Waals surface area contributed by atoms with Gasteiger partial charge in [-0.05, 0) is 30.0 Å². The molecule has 0 radical (unpaired) electrons. The molecule has 0 amide bonds. The number of halogens is 1. The molecule has 1 aliphatic heterocycles. The van der Waals surface area contributed by atoms with Crippen LogP contribution in [-0.4, -0.2) is 30.7 Å². The number of ether oxygens (including phenoxy) is 1. The molecule has 0 aliphatic carbocycles. The molecule has 2 rings (SSSR count). The van der Waals surface area contributed by atoms with Gasteiger partial charge in [0.2, 0.25) is 0 Å². The summed E-state index contributed by atoms with van der Waals surface area (Å²) in [4.78, 5) is 0. The molecule has 0 bridgehead atoms. The molecule has 1 aromatic rings. The summed E-state index contributed by atoms with van der Waals surface area (Å²) < 4.78 is 7.02. The largest absolute Gasteiger partial charge is 0.488 e. The van der Waals surface area contributed by atoms with Crippen molar-refractivity contribution in [3.8, 4) is 5.75 Å². The molecule has 0 saturated heterocycles. The van der Waals surface area contributed by atoms with Gasteiger partial charge in [-0.3, -0.25) is 0 Å². The SMILES string of the molecule is CSC(C)CNCC1Cc2cc(Br)ccc2O1. The van der Waals surface area contributed by atoms with Gasteiger partial charge < -0.3 is 10.1 Å². The Hall–Kier alpha value is -0.190. The monoisotopic (exact) mass is 315 g/mol. The maximum absolute atomic E-state index is 5.89. The quantitative estimate of drug-likeness (QED) is 0.902. The summed E-state index contributed by atoms with van der Waals surface area (Å²) in [5, 5.41) is 4.13. The van der Waals surface area contributed by atoms with E-state index in [2.05, 4.69) is 40.5 Å². The summed E-state index contributed by atoms with van der Waals surface area (Å²) in [6.07, 6.45) is 3.44. The van der Waals surface area contributed by atoms with Crippen molar-refractivity contribution in [1.29, 1.82) is 0 Å². The Balaban J connectivity index is 1.80. The van der Waals surface area contributed by atoms with Crippen LogP contribution >= 0.6 is 27.7 Å². The number of hydrogen-bond donors (Lipinski definition) is 1. The van der Waals surface area contributed by atoms with Crippen molar-refractivity contribution in [2.75, 3.05) is 19.3 Å². The van der Waals surface area contributed by atoms with Crippen LogP contribution in [0.4, 0.5) is 0 Å². The van der Waals surface area contributed by atoms with Crippen molar-refractivity contribution in [1.82, 2.24) is 5.32 Å². The summed E-state index contributed by atoms with van der Waals surface area (Å²) in [6.45, 7) is 4.21. The van der Waals surface area contributed by atoms with Crippen molar-refractivity contribution in [3.05, 3.63) is 28.2 Å². The average molecular weight is 316 g/mol. The van der Waals surface area contributed by atoms with Gasteiger partial charge in [0, 0.05) is 29.2 Å². The van der Waals surface area contributed by atoms with Gasteiger partial charge in [-0.15, -0.1) is 0 Å². The normalized spacial score (nSPS) is 19.8. The van der Waals surface area contributed by atoms with Crippen LogP contribution in [0.1, 0.15) is 12.5 Å². The Morgan fingerprint density at radius 2 is 2.41 bits per heavy atom. The van der Waals surface area contributed by atoms with E-state index in [4.69, 9.17) is 4.74 Å². The van der Waals surface area contributed by atoms with Crippen LogP contribution < -0.4 is 10.1 Å². The number of benzene rings is 1. The van der Waals surface area contributed by atoms with Gasteiger partial charge in [-0.25, -0.2) is 0 Å². The highest BCUT2D eigenvalue weighted by molar-refractivity contribution is 9.10. The van der Waals surface area contributed by atoms with Gasteiger partial charge in [-0.2, -0.15) is 11.8 Å². The molecule has 0 fully saturated rings. The predicted molar refractivity (Wildman–Crippen MR) is 78.1 cm³/mol. The number of hydrogen-bond acceptors (Lipinski definition) is 3. The molecule has 94 valence electrons. The molecular formula is C13H18BrNOS. The molecular weight excluding hydrogens is 298 g/mol. The fourth-order valence-electron chi connectivity index (χ4n) is 1.93. The van der Waals surface area contributed by atoms with Crippen LogP contribution in [0.3, 0.4) is 0 Å². The molecule has 2 atom stereocenters. The summed E-state index contributed by atoms with van der Waals surface area (Å²) in [6, 6.07) is 6.23. The lowest BCUT2D eigenvalue weighted by molar-refractivity contribution is 0.228. The third-order valence-corrected chi connectivity index (χ3v) is 4.43. The van der Waals surface area contributed by atoms with E-state index in [-0.39, 0.29) is 6.10 Å². The fourth-order valence-corrected chi connectivity index (χ4v) is 2.63. The summed E-state index contributed by atoms with van der Waals surface area (Å²) in [7, 11) is 0. The molecule has 4 heteroatoms. The lowest BCUT2D eigenvalue weighted by Crippen LogP contribution is -2.33. The van der Waals surface area contributed by atoms with Crippen molar-refractivity contribution in [2.24, 2.45) is 0 Å². The Kier molecular flexibility index (Phi) is 4.77. The summed E-state index contributed by atoms with van der Waals surface area (Å²) in [5.41, 5.74) is 1.31. The first kappa shape index (κ1) is 13.2. The number of fused-ring (bicyclic) bond motifs is 1. The van der Waals surface area contributed by atoms with Gasteiger partial charge in [0.05, 0.1) is 0 Å². The highest BCUT2D eigenvalue weighted by atomic mass is 79.9. The van der Waals surface area contributed by atoms with Gasteiger partial charge in [0.25, 0.3) is 0 Å². The highest BCUT2D eigenvalue weighted by Crippen LogP contribution is 2.30. The van der Waals surface area contributed by atoms with Crippen molar-refractivity contribution >= 4 is 27.7 Å². The van der Waals surface area contributed by atoms with Crippen molar-refractivity contribution in [3.63, 3.8) is 0 Å². The molecule has 1 heterocycles. The average Bonchev–Trinajstić information content (AvgIpc) is 2.70. The minimum absolute atomic E-state index is 0.286. The fraction of sp³-hybridized carbons (Fsp3) is 0.538. The summed E-state index contributed by atoms with van der Waals surface area (Å²) in [5.74, 6) is 1.04. The maximum atomic E-state index is 5.89. The Bertz CT molecular complexity index is 386. The highest BCUT2D eigenvalue weighted by Gasteiger charge is 2.22. The molecule has 0 saturated carbocycles. The lowest BCUT2D eigenvalue weighted by Gasteiger charge is -2.14. The smallest absolute Gasteiger partial charge is 0.123 e. The number of nitrogens with one attached hydrogen (secondary N) is 1. The van der Waals surface area contributed by atoms with Crippen LogP contribution in [0.5, 0.6) is 5.75 Å². The second kappa shape index (κ2) is 6.12. The van der Waals surface area contributed by atoms with Gasteiger partial charge in [0.1, 0.15) is 11.9 Å². The first-order valence-corrected chi connectivity index (χ1v) is 7.95. The van der Waals surface area contributed by atoms with Crippen LogP contribution in [0, 0.1) is 0 Å². The van der Waals surface area contributed by atoms with E-state index in [0.717, 1.165) is 29.7 Å². The van der Waals surface area contributed by atoms with Crippen LogP contribution in [0.2, 0.25) is 0 Å². The van der Waals surface area contributed by atoms with Gasteiger partial charge in [0.15, 0.2) is 0 Å². The van der Waals surface area contributed by atoms with E-state index in [1.54, 1.807) is 0 Å². The molecule has 2 nitrogen and oxygen atoms in total. The van der Waals surface area contributed by atoms with E-state index in [1.807, 2.05) is 23.9 Å². The standard InChI is InChI=1S/C13H18BrNOS/c1-9(17-2)7-15-8-12-6-10-5-11(14)3-4-13(10)16-12/h3-5,9,12,15H,6-8H2,1-2H3. The zero-order chi connectivity index (χ0) is 12.3. The Morgan fingerprint density at radius 1 is 1.59 bits per heavy atom. The second-order valence-electron chi connectivity index (χ2n) is 4.40. The van der Waals surface area contributed by atoms with Crippen LogP contribution in [0.25, 0.3) is 0 Å². The number of thioether (sulfide) groups is 1. The van der Waals surface area contributed by atoms with Crippen molar-refractivity contribution in [2.45, 2.75) is 24.7 Å². The summed E-state index contributed by atoms with van der Waals surface area (Å²) >= 11 is 5.38. The molecule has 1 aromatic carbocycles. The third kappa shape index (κ3) is 3.63.